The van der Waals surface area contributed by atoms with E-state index >= 15 is 0 Å². The molecule has 140 valence electrons. The van der Waals surface area contributed by atoms with E-state index in [2.05, 4.69) is 21.7 Å². The smallest absolute Gasteiger partial charge is 0.321 e. The molecule has 0 radical (unpaired) electrons. The molecule has 1 unspecified atom stereocenters. The summed E-state index contributed by atoms with van der Waals surface area (Å²) in [5, 5.41) is 10.6. The molecule has 26 heavy (non-hydrogen) atoms. The third-order valence-electron chi connectivity index (χ3n) is 4.69. The lowest BCUT2D eigenvalue weighted by Gasteiger charge is -2.21. The number of amides is 2. The fourth-order valence-corrected chi connectivity index (χ4v) is 3.88. The number of aromatic nitrogens is 1. The van der Waals surface area contributed by atoms with Gasteiger partial charge in [-0.1, -0.05) is 0 Å². The summed E-state index contributed by atoms with van der Waals surface area (Å²) in [6.07, 6.45) is 4.86. The first-order valence-corrected chi connectivity index (χ1v) is 9.96. The topological polar surface area (TPSA) is 60.5 Å². The predicted octanol–water partition coefficient (Wildman–Crippen LogP) is 4.02. The van der Waals surface area contributed by atoms with Crippen LogP contribution in [0, 0.1) is 6.92 Å². The highest BCUT2D eigenvalue weighted by Crippen LogP contribution is 2.22. The van der Waals surface area contributed by atoms with Crippen LogP contribution in [-0.4, -0.2) is 49.1 Å². The number of nitrogens with one attached hydrogen (secondary N) is 2. The van der Waals surface area contributed by atoms with Crippen LogP contribution >= 0.6 is 11.3 Å². The number of likely N-dealkylation sites (tertiary alicyclic amines) is 1. The molecule has 0 aromatic carbocycles. The van der Waals surface area contributed by atoms with Gasteiger partial charge in [-0.2, -0.15) is 0 Å². The van der Waals surface area contributed by atoms with Gasteiger partial charge in [0, 0.05) is 38.6 Å². The number of hydrogen-bond donors (Lipinski definition) is 2. The minimum atomic E-state index is 0.00384. The van der Waals surface area contributed by atoms with Gasteiger partial charge in [-0.15, -0.1) is 11.3 Å². The predicted molar refractivity (Wildman–Crippen MR) is 109 cm³/mol. The highest BCUT2D eigenvalue weighted by molar-refractivity contribution is 7.08. The molecule has 6 nitrogen and oxygen atoms in total. The van der Waals surface area contributed by atoms with Gasteiger partial charge >= 0.3 is 6.03 Å². The fraction of sp³-hybridized carbons (Fsp3) is 0.474. The van der Waals surface area contributed by atoms with Gasteiger partial charge in [0.2, 0.25) is 0 Å². The van der Waals surface area contributed by atoms with Crippen molar-refractivity contribution in [1.29, 1.82) is 0 Å². The molecule has 0 bridgehead atoms. The molecule has 2 aromatic rings. The Morgan fingerprint density at radius 1 is 1.27 bits per heavy atom. The monoisotopic (exact) mass is 373 g/mol. The van der Waals surface area contributed by atoms with Crippen molar-refractivity contribution in [3.63, 3.8) is 0 Å². The molecule has 2 aromatic heterocycles. The number of carbonyl (C=O) groups is 1. The van der Waals surface area contributed by atoms with Crippen molar-refractivity contribution < 1.29 is 4.79 Å². The zero-order valence-corrected chi connectivity index (χ0v) is 16.5. The standard InChI is InChI=1S/C19H27N5OS/c1-14-12-26-13-17(14)22-19(25)24-9-4-5-15(8-10-24)21-16-6-7-18(20-11-16)23(2)3/h6-7,11-13,15,21H,4-5,8-10H2,1-3H3,(H,22,25). The molecule has 1 aliphatic rings. The summed E-state index contributed by atoms with van der Waals surface area (Å²) in [5.74, 6) is 0.947. The van der Waals surface area contributed by atoms with Crippen LogP contribution in [0.25, 0.3) is 0 Å². The molecular formula is C19H27N5OS. The average molecular weight is 374 g/mol. The largest absolute Gasteiger partial charge is 0.381 e. The first kappa shape index (κ1) is 18.5. The van der Waals surface area contributed by atoms with E-state index < -0.39 is 0 Å². The maximum absolute atomic E-state index is 12.5. The van der Waals surface area contributed by atoms with Gasteiger partial charge < -0.3 is 20.4 Å². The molecule has 1 fully saturated rings. The minimum absolute atomic E-state index is 0.00384. The zero-order chi connectivity index (χ0) is 18.5. The second kappa shape index (κ2) is 8.40. The Morgan fingerprint density at radius 2 is 2.12 bits per heavy atom. The Morgan fingerprint density at radius 3 is 2.77 bits per heavy atom. The summed E-state index contributed by atoms with van der Waals surface area (Å²) in [5.41, 5.74) is 3.07. The number of carbonyl (C=O) groups excluding carboxylic acids is 1. The summed E-state index contributed by atoms with van der Waals surface area (Å²) < 4.78 is 0. The Hall–Kier alpha value is -2.28. The molecule has 0 spiro atoms. The third kappa shape index (κ3) is 4.66. The second-order valence-electron chi connectivity index (χ2n) is 6.96. The first-order valence-electron chi connectivity index (χ1n) is 9.01. The average Bonchev–Trinajstić information content (AvgIpc) is 2.88. The highest BCUT2D eigenvalue weighted by Gasteiger charge is 2.21. The lowest BCUT2D eigenvalue weighted by atomic mass is 10.1. The molecule has 1 aliphatic heterocycles. The van der Waals surface area contributed by atoms with Gasteiger partial charge in [0.1, 0.15) is 5.82 Å². The quantitative estimate of drug-likeness (QED) is 0.850. The Kier molecular flexibility index (Phi) is 5.98. The highest BCUT2D eigenvalue weighted by atomic mass is 32.1. The number of aryl methyl sites for hydroxylation is 1. The first-order chi connectivity index (χ1) is 12.5. The minimum Gasteiger partial charge on any atom is -0.381 e. The van der Waals surface area contributed by atoms with Crippen LogP contribution in [0.15, 0.2) is 29.1 Å². The lowest BCUT2D eigenvalue weighted by molar-refractivity contribution is 0.213. The van der Waals surface area contributed by atoms with Crippen molar-refractivity contribution in [1.82, 2.24) is 9.88 Å². The number of rotatable bonds is 4. The van der Waals surface area contributed by atoms with Crippen LogP contribution in [-0.2, 0) is 0 Å². The van der Waals surface area contributed by atoms with E-state index in [4.69, 9.17) is 0 Å². The molecule has 3 heterocycles. The second-order valence-corrected chi connectivity index (χ2v) is 7.70. The molecule has 7 heteroatoms. The van der Waals surface area contributed by atoms with Crippen molar-refractivity contribution in [2.45, 2.75) is 32.2 Å². The van der Waals surface area contributed by atoms with Crippen LogP contribution in [0.5, 0.6) is 0 Å². The number of thiophene rings is 1. The van der Waals surface area contributed by atoms with Gasteiger partial charge in [0.25, 0.3) is 0 Å². The van der Waals surface area contributed by atoms with E-state index in [9.17, 15) is 4.79 Å². The summed E-state index contributed by atoms with van der Waals surface area (Å²) in [6, 6.07) is 4.45. The van der Waals surface area contributed by atoms with Gasteiger partial charge in [-0.3, -0.25) is 0 Å². The van der Waals surface area contributed by atoms with Crippen molar-refractivity contribution in [2.24, 2.45) is 0 Å². The molecule has 1 saturated heterocycles. The lowest BCUT2D eigenvalue weighted by Crippen LogP contribution is -2.36. The van der Waals surface area contributed by atoms with E-state index in [1.807, 2.05) is 53.8 Å². The van der Waals surface area contributed by atoms with Gasteiger partial charge in [-0.25, -0.2) is 9.78 Å². The van der Waals surface area contributed by atoms with E-state index in [0.717, 1.165) is 55.1 Å². The fourth-order valence-electron chi connectivity index (χ4n) is 3.10. The summed E-state index contributed by atoms with van der Waals surface area (Å²) in [4.78, 5) is 20.9. The van der Waals surface area contributed by atoms with Gasteiger partial charge in [0.15, 0.2) is 0 Å². The van der Waals surface area contributed by atoms with Crippen molar-refractivity contribution in [2.75, 3.05) is 42.7 Å². The molecule has 1 atom stereocenters. The molecule has 0 aliphatic carbocycles. The Labute approximate surface area is 159 Å². The van der Waals surface area contributed by atoms with Crippen LogP contribution < -0.4 is 15.5 Å². The van der Waals surface area contributed by atoms with E-state index in [1.54, 1.807) is 11.3 Å². The van der Waals surface area contributed by atoms with Crippen molar-refractivity contribution in [3.05, 3.63) is 34.7 Å². The van der Waals surface area contributed by atoms with Crippen LogP contribution in [0.3, 0.4) is 0 Å². The van der Waals surface area contributed by atoms with E-state index in [-0.39, 0.29) is 6.03 Å². The maximum Gasteiger partial charge on any atom is 0.321 e. The van der Waals surface area contributed by atoms with Crippen molar-refractivity contribution in [3.8, 4) is 0 Å². The number of pyridine rings is 1. The van der Waals surface area contributed by atoms with E-state index in [0.29, 0.717) is 6.04 Å². The third-order valence-corrected chi connectivity index (χ3v) is 5.55. The number of urea groups is 1. The normalized spacial score (nSPS) is 17.5. The molecule has 2 N–H and O–H groups in total. The maximum atomic E-state index is 12.5. The molecule has 2 amide bonds. The van der Waals surface area contributed by atoms with Crippen LogP contribution in [0.2, 0.25) is 0 Å². The Balaban J connectivity index is 1.53. The molecular weight excluding hydrogens is 346 g/mol. The summed E-state index contributed by atoms with van der Waals surface area (Å²) in [7, 11) is 3.97. The number of nitrogens with zero attached hydrogens (tertiary/aromatic N) is 3. The number of hydrogen-bond acceptors (Lipinski definition) is 5. The van der Waals surface area contributed by atoms with Gasteiger partial charge in [-0.05, 0) is 49.3 Å². The van der Waals surface area contributed by atoms with Gasteiger partial charge in [0.05, 0.1) is 17.6 Å². The zero-order valence-electron chi connectivity index (χ0n) is 15.7. The van der Waals surface area contributed by atoms with E-state index in [1.165, 1.54) is 0 Å². The summed E-state index contributed by atoms with van der Waals surface area (Å²) in [6.45, 7) is 3.57. The van der Waals surface area contributed by atoms with Crippen molar-refractivity contribution >= 4 is 34.6 Å². The molecule has 3 rings (SSSR count). The van der Waals surface area contributed by atoms with Crippen LogP contribution in [0.1, 0.15) is 24.8 Å². The number of anilines is 3. The Bertz CT molecular complexity index is 728. The molecule has 0 saturated carbocycles. The summed E-state index contributed by atoms with van der Waals surface area (Å²) >= 11 is 1.61. The SMILES string of the molecule is Cc1cscc1NC(=O)N1CCCC(Nc2ccc(N(C)C)nc2)CC1. The van der Waals surface area contributed by atoms with Crippen LogP contribution in [0.4, 0.5) is 22.0 Å².